The van der Waals surface area contributed by atoms with Crippen LogP contribution in [-0.2, 0) is 0 Å². The molecule has 3 unspecified atom stereocenters. The lowest BCUT2D eigenvalue weighted by Gasteiger charge is -2.11. The molecule has 0 aromatic carbocycles. The Balaban J connectivity index is 3.38. The summed E-state index contributed by atoms with van der Waals surface area (Å²) in [6.07, 6.45) is 0.772. The van der Waals surface area contributed by atoms with Gasteiger partial charge in [0, 0.05) is 10.8 Å². The SMILES string of the molecule is CC(Cl)CC(Cl)C(C)Cl. The van der Waals surface area contributed by atoms with Crippen molar-refractivity contribution in [2.75, 3.05) is 0 Å². The molecule has 0 radical (unpaired) electrons. The minimum Gasteiger partial charge on any atom is -0.123 e. The van der Waals surface area contributed by atoms with E-state index in [0.717, 1.165) is 6.42 Å². The highest BCUT2D eigenvalue weighted by Gasteiger charge is 2.13. The molecule has 0 rings (SSSR count). The number of hydrogen-bond donors (Lipinski definition) is 0. The first kappa shape index (κ1) is 9.87. The Morgan fingerprint density at radius 2 is 1.56 bits per heavy atom. The number of alkyl halides is 3. The highest BCUT2D eigenvalue weighted by molar-refractivity contribution is 6.30. The summed E-state index contributed by atoms with van der Waals surface area (Å²) in [5.41, 5.74) is 0. The van der Waals surface area contributed by atoms with Crippen LogP contribution in [0.3, 0.4) is 0 Å². The summed E-state index contributed by atoms with van der Waals surface area (Å²) in [4.78, 5) is 0. The van der Waals surface area contributed by atoms with E-state index in [1.807, 2.05) is 13.8 Å². The van der Waals surface area contributed by atoms with Gasteiger partial charge in [0.25, 0.3) is 0 Å². The fourth-order valence-corrected chi connectivity index (χ4v) is 1.15. The van der Waals surface area contributed by atoms with Crippen LogP contribution in [-0.4, -0.2) is 16.1 Å². The van der Waals surface area contributed by atoms with Gasteiger partial charge in [-0.25, -0.2) is 0 Å². The van der Waals surface area contributed by atoms with Crippen molar-refractivity contribution in [1.82, 2.24) is 0 Å². The standard InChI is InChI=1S/C6H11Cl3/c1-4(7)3-6(9)5(2)8/h4-6H,3H2,1-2H3. The van der Waals surface area contributed by atoms with Crippen molar-refractivity contribution in [2.24, 2.45) is 0 Å². The molecular formula is C6H11Cl3. The molecule has 0 nitrogen and oxygen atoms in total. The van der Waals surface area contributed by atoms with Crippen molar-refractivity contribution >= 4 is 34.8 Å². The third-order valence-corrected chi connectivity index (χ3v) is 2.22. The van der Waals surface area contributed by atoms with Crippen molar-refractivity contribution in [1.29, 1.82) is 0 Å². The Labute approximate surface area is 71.5 Å². The first-order valence-electron chi connectivity index (χ1n) is 2.96. The fraction of sp³-hybridized carbons (Fsp3) is 1.00. The Morgan fingerprint density at radius 3 is 1.67 bits per heavy atom. The number of hydrogen-bond acceptors (Lipinski definition) is 0. The largest absolute Gasteiger partial charge is 0.123 e. The molecule has 3 atom stereocenters. The minimum atomic E-state index is -0.000772. The van der Waals surface area contributed by atoms with E-state index in [1.54, 1.807) is 0 Å². The molecule has 0 spiro atoms. The zero-order valence-electron chi connectivity index (χ0n) is 5.57. The van der Waals surface area contributed by atoms with Gasteiger partial charge < -0.3 is 0 Å². The van der Waals surface area contributed by atoms with Crippen LogP contribution in [0.4, 0.5) is 0 Å². The van der Waals surface area contributed by atoms with E-state index in [9.17, 15) is 0 Å². The summed E-state index contributed by atoms with van der Waals surface area (Å²) < 4.78 is 0. The van der Waals surface area contributed by atoms with E-state index in [-0.39, 0.29) is 16.1 Å². The Kier molecular flexibility index (Phi) is 5.10. The van der Waals surface area contributed by atoms with Crippen molar-refractivity contribution < 1.29 is 0 Å². The van der Waals surface area contributed by atoms with Crippen LogP contribution in [0.5, 0.6) is 0 Å². The molecular weight excluding hydrogens is 178 g/mol. The van der Waals surface area contributed by atoms with Crippen LogP contribution in [0.1, 0.15) is 20.3 Å². The van der Waals surface area contributed by atoms with Gasteiger partial charge in [0.1, 0.15) is 0 Å². The average Bonchev–Trinajstić information content (AvgIpc) is 1.63. The maximum Gasteiger partial charge on any atom is 0.0510 e. The summed E-state index contributed by atoms with van der Waals surface area (Å²) in [5, 5.41) is 0.126. The third kappa shape index (κ3) is 5.32. The number of rotatable bonds is 3. The zero-order valence-corrected chi connectivity index (χ0v) is 7.84. The molecule has 0 N–H and O–H groups in total. The van der Waals surface area contributed by atoms with E-state index in [1.165, 1.54) is 0 Å². The highest BCUT2D eigenvalue weighted by atomic mass is 35.5. The van der Waals surface area contributed by atoms with Gasteiger partial charge >= 0.3 is 0 Å². The smallest absolute Gasteiger partial charge is 0.0510 e. The fourth-order valence-electron chi connectivity index (χ4n) is 0.498. The van der Waals surface area contributed by atoms with Crippen molar-refractivity contribution in [3.05, 3.63) is 0 Å². The summed E-state index contributed by atoms with van der Waals surface area (Å²) in [6, 6.07) is 0. The second kappa shape index (κ2) is 4.65. The van der Waals surface area contributed by atoms with E-state index >= 15 is 0 Å². The van der Waals surface area contributed by atoms with Gasteiger partial charge in [-0.3, -0.25) is 0 Å². The molecule has 0 aliphatic heterocycles. The summed E-state index contributed by atoms with van der Waals surface area (Å²) in [7, 11) is 0. The van der Waals surface area contributed by atoms with E-state index in [2.05, 4.69) is 0 Å². The third-order valence-electron chi connectivity index (χ3n) is 1.05. The van der Waals surface area contributed by atoms with Crippen LogP contribution in [0.2, 0.25) is 0 Å². The lowest BCUT2D eigenvalue weighted by atomic mass is 10.2. The van der Waals surface area contributed by atoms with Gasteiger partial charge in [-0.05, 0) is 20.3 Å². The van der Waals surface area contributed by atoms with Crippen LogP contribution in [0.15, 0.2) is 0 Å². The van der Waals surface area contributed by atoms with Gasteiger partial charge in [0.2, 0.25) is 0 Å². The molecule has 3 heteroatoms. The molecule has 0 heterocycles. The maximum atomic E-state index is 5.79. The number of halogens is 3. The monoisotopic (exact) mass is 188 g/mol. The van der Waals surface area contributed by atoms with Gasteiger partial charge in [0.05, 0.1) is 5.38 Å². The first-order valence-corrected chi connectivity index (χ1v) is 4.27. The molecule has 0 aromatic heterocycles. The molecule has 0 saturated heterocycles. The highest BCUT2D eigenvalue weighted by Crippen LogP contribution is 2.17. The lowest BCUT2D eigenvalue weighted by Crippen LogP contribution is -2.14. The normalized spacial score (nSPS) is 21.0. The zero-order chi connectivity index (χ0) is 7.44. The molecule has 0 bridgehead atoms. The van der Waals surface area contributed by atoms with Crippen molar-refractivity contribution in [3.63, 3.8) is 0 Å². The Hall–Kier alpha value is 0.870. The Bertz CT molecular complexity index is 70.7. The molecule has 0 aromatic rings. The molecule has 9 heavy (non-hydrogen) atoms. The first-order chi connectivity index (χ1) is 4.04. The topological polar surface area (TPSA) is 0 Å². The predicted molar refractivity (Wildman–Crippen MR) is 44.9 cm³/mol. The molecule has 56 valence electrons. The van der Waals surface area contributed by atoms with Gasteiger partial charge in [-0.1, -0.05) is 0 Å². The summed E-state index contributed by atoms with van der Waals surface area (Å²) in [5.74, 6) is 0. The summed E-state index contributed by atoms with van der Waals surface area (Å²) >= 11 is 17.1. The van der Waals surface area contributed by atoms with Crippen molar-refractivity contribution in [2.45, 2.75) is 36.4 Å². The van der Waals surface area contributed by atoms with Gasteiger partial charge in [-0.15, -0.1) is 34.8 Å². The van der Waals surface area contributed by atoms with Crippen LogP contribution < -0.4 is 0 Å². The molecule has 0 saturated carbocycles. The van der Waals surface area contributed by atoms with Gasteiger partial charge in [-0.2, -0.15) is 0 Å². The van der Waals surface area contributed by atoms with Crippen LogP contribution in [0, 0.1) is 0 Å². The average molecular weight is 190 g/mol. The molecule has 0 aliphatic carbocycles. The van der Waals surface area contributed by atoms with E-state index in [4.69, 9.17) is 34.8 Å². The second-order valence-corrected chi connectivity index (χ2v) is 4.20. The quantitative estimate of drug-likeness (QED) is 0.598. The van der Waals surface area contributed by atoms with Crippen LogP contribution in [0.25, 0.3) is 0 Å². The van der Waals surface area contributed by atoms with Crippen molar-refractivity contribution in [3.8, 4) is 0 Å². The minimum absolute atomic E-state index is 0.000772. The lowest BCUT2D eigenvalue weighted by molar-refractivity contribution is 0.723. The van der Waals surface area contributed by atoms with E-state index in [0.29, 0.717) is 0 Å². The molecule has 0 fully saturated rings. The van der Waals surface area contributed by atoms with Crippen LogP contribution >= 0.6 is 34.8 Å². The Morgan fingerprint density at radius 1 is 1.11 bits per heavy atom. The summed E-state index contributed by atoms with van der Waals surface area (Å²) in [6.45, 7) is 3.79. The maximum absolute atomic E-state index is 5.79. The molecule has 0 aliphatic rings. The molecule has 0 amide bonds. The second-order valence-electron chi connectivity index (χ2n) is 2.21. The van der Waals surface area contributed by atoms with E-state index < -0.39 is 0 Å². The predicted octanol–water partition coefficient (Wildman–Crippen LogP) is 3.24. The van der Waals surface area contributed by atoms with Gasteiger partial charge in [0.15, 0.2) is 0 Å².